The number of carbonyl (C=O) groups excluding carboxylic acids is 1. The van der Waals surface area contributed by atoms with Crippen molar-refractivity contribution in [3.63, 3.8) is 0 Å². The number of carbonyl (C=O) groups is 1. The third-order valence-corrected chi connectivity index (χ3v) is 3.25. The van der Waals surface area contributed by atoms with Gasteiger partial charge in [-0.3, -0.25) is 0 Å². The van der Waals surface area contributed by atoms with Crippen LogP contribution in [0.2, 0.25) is 0 Å². The van der Waals surface area contributed by atoms with Crippen LogP contribution in [0.25, 0.3) is 0 Å². The maximum atomic E-state index is 11.8. The third kappa shape index (κ3) is 1.78. The molecule has 1 atom stereocenters. The van der Waals surface area contributed by atoms with Crippen molar-refractivity contribution in [3.8, 4) is 5.75 Å². The number of ether oxygens (including phenoxy) is 2. The summed E-state index contributed by atoms with van der Waals surface area (Å²) >= 11 is 0. The lowest BCUT2D eigenvalue weighted by Gasteiger charge is -2.33. The molecular formula is C13H17NO3. The average Bonchev–Trinajstić information content (AvgIpc) is 2.37. The molecule has 1 aliphatic heterocycles. The van der Waals surface area contributed by atoms with Gasteiger partial charge in [0.1, 0.15) is 11.3 Å². The zero-order chi connectivity index (χ0) is 12.5. The maximum Gasteiger partial charge on any atom is 0.330 e. The predicted octanol–water partition coefficient (Wildman–Crippen LogP) is 1.36. The van der Waals surface area contributed by atoms with Gasteiger partial charge in [-0.1, -0.05) is 25.1 Å². The van der Waals surface area contributed by atoms with Gasteiger partial charge in [0, 0.05) is 12.0 Å². The Morgan fingerprint density at radius 2 is 2.35 bits per heavy atom. The zero-order valence-corrected chi connectivity index (χ0v) is 10.2. The van der Waals surface area contributed by atoms with Crippen LogP contribution in [0.1, 0.15) is 24.5 Å². The van der Waals surface area contributed by atoms with Gasteiger partial charge in [0.25, 0.3) is 0 Å². The molecule has 92 valence electrons. The molecule has 1 aromatic rings. The molecule has 0 saturated heterocycles. The zero-order valence-electron chi connectivity index (χ0n) is 10.2. The molecule has 0 fully saturated rings. The van der Waals surface area contributed by atoms with E-state index < -0.39 is 11.5 Å². The SMILES string of the molecule is CCc1cccc2c1OCCC2(N)C(=O)OC. The van der Waals surface area contributed by atoms with Crippen molar-refractivity contribution >= 4 is 5.97 Å². The normalized spacial score (nSPS) is 22.5. The topological polar surface area (TPSA) is 61.5 Å². The number of fused-ring (bicyclic) bond motifs is 1. The second kappa shape index (κ2) is 4.37. The predicted molar refractivity (Wildman–Crippen MR) is 63.8 cm³/mol. The highest BCUT2D eigenvalue weighted by atomic mass is 16.5. The number of rotatable bonds is 2. The third-order valence-electron chi connectivity index (χ3n) is 3.25. The maximum absolute atomic E-state index is 11.8. The van der Waals surface area contributed by atoms with E-state index >= 15 is 0 Å². The second-order valence-electron chi connectivity index (χ2n) is 4.21. The monoisotopic (exact) mass is 235 g/mol. The van der Waals surface area contributed by atoms with Crippen molar-refractivity contribution in [1.29, 1.82) is 0 Å². The van der Waals surface area contributed by atoms with Crippen LogP contribution in [0.3, 0.4) is 0 Å². The number of benzene rings is 1. The summed E-state index contributed by atoms with van der Waals surface area (Å²) in [5.41, 5.74) is 6.92. The van der Waals surface area contributed by atoms with E-state index in [1.165, 1.54) is 7.11 Å². The van der Waals surface area contributed by atoms with E-state index in [0.29, 0.717) is 13.0 Å². The van der Waals surface area contributed by atoms with Gasteiger partial charge in [0.2, 0.25) is 0 Å². The summed E-state index contributed by atoms with van der Waals surface area (Å²) in [5.74, 6) is 0.337. The van der Waals surface area contributed by atoms with Crippen LogP contribution in [-0.2, 0) is 21.5 Å². The molecule has 0 amide bonds. The Balaban J connectivity index is 2.55. The number of hydrogen-bond acceptors (Lipinski definition) is 4. The first-order chi connectivity index (χ1) is 8.13. The molecule has 0 aromatic heterocycles. The Kier molecular flexibility index (Phi) is 3.07. The van der Waals surface area contributed by atoms with Gasteiger partial charge in [-0.2, -0.15) is 0 Å². The molecule has 4 nitrogen and oxygen atoms in total. The minimum atomic E-state index is -1.08. The van der Waals surface area contributed by atoms with Gasteiger partial charge in [0.15, 0.2) is 0 Å². The van der Waals surface area contributed by atoms with Crippen LogP contribution in [0.5, 0.6) is 5.75 Å². The second-order valence-corrected chi connectivity index (χ2v) is 4.21. The van der Waals surface area contributed by atoms with Gasteiger partial charge in [-0.15, -0.1) is 0 Å². The quantitative estimate of drug-likeness (QED) is 0.786. The lowest BCUT2D eigenvalue weighted by Crippen LogP contribution is -2.49. The van der Waals surface area contributed by atoms with Crippen LogP contribution in [-0.4, -0.2) is 19.7 Å². The van der Waals surface area contributed by atoms with E-state index in [2.05, 4.69) is 0 Å². The molecule has 0 radical (unpaired) electrons. The Morgan fingerprint density at radius 1 is 1.59 bits per heavy atom. The molecule has 2 rings (SSSR count). The van der Waals surface area contributed by atoms with Crippen molar-refractivity contribution in [1.82, 2.24) is 0 Å². The summed E-state index contributed by atoms with van der Waals surface area (Å²) in [6.45, 7) is 2.49. The van der Waals surface area contributed by atoms with Crippen LogP contribution in [0, 0.1) is 0 Å². The lowest BCUT2D eigenvalue weighted by molar-refractivity contribution is -0.148. The largest absolute Gasteiger partial charge is 0.493 e. The minimum Gasteiger partial charge on any atom is -0.493 e. The first-order valence-corrected chi connectivity index (χ1v) is 5.76. The highest BCUT2D eigenvalue weighted by molar-refractivity contribution is 5.84. The summed E-state index contributed by atoms with van der Waals surface area (Å²) in [6.07, 6.45) is 1.29. The molecule has 0 saturated carbocycles. The number of aryl methyl sites for hydroxylation is 1. The molecule has 1 aliphatic rings. The number of para-hydroxylation sites is 1. The first-order valence-electron chi connectivity index (χ1n) is 5.76. The van der Waals surface area contributed by atoms with E-state index in [1.807, 2.05) is 25.1 Å². The Morgan fingerprint density at radius 3 is 3.00 bits per heavy atom. The molecule has 0 aliphatic carbocycles. The smallest absolute Gasteiger partial charge is 0.330 e. The fraction of sp³-hybridized carbons (Fsp3) is 0.462. The van der Waals surface area contributed by atoms with E-state index in [1.54, 1.807) is 0 Å². The standard InChI is InChI=1S/C13H17NO3/c1-3-9-5-4-6-10-11(9)17-8-7-13(10,14)12(15)16-2/h4-6H,3,7-8,14H2,1-2H3. The Bertz CT molecular complexity index is 444. The molecular weight excluding hydrogens is 218 g/mol. The van der Waals surface area contributed by atoms with Crippen molar-refractivity contribution < 1.29 is 14.3 Å². The highest BCUT2D eigenvalue weighted by Crippen LogP contribution is 2.38. The summed E-state index contributed by atoms with van der Waals surface area (Å²) in [6, 6.07) is 5.73. The molecule has 1 aromatic carbocycles. The minimum absolute atomic E-state index is 0.407. The summed E-state index contributed by atoms with van der Waals surface area (Å²) in [7, 11) is 1.36. The van der Waals surface area contributed by atoms with E-state index in [0.717, 1.165) is 23.3 Å². The number of methoxy groups -OCH3 is 1. The van der Waals surface area contributed by atoms with E-state index in [4.69, 9.17) is 15.2 Å². The molecule has 2 N–H and O–H groups in total. The Labute approximate surface area is 101 Å². The van der Waals surface area contributed by atoms with Gasteiger partial charge in [0.05, 0.1) is 13.7 Å². The molecule has 17 heavy (non-hydrogen) atoms. The Hall–Kier alpha value is -1.55. The van der Waals surface area contributed by atoms with Crippen LogP contribution in [0.15, 0.2) is 18.2 Å². The molecule has 4 heteroatoms. The summed E-state index contributed by atoms with van der Waals surface area (Å²) < 4.78 is 10.5. The van der Waals surface area contributed by atoms with E-state index in [9.17, 15) is 4.79 Å². The summed E-state index contributed by atoms with van der Waals surface area (Å²) in [5, 5.41) is 0. The fourth-order valence-electron chi connectivity index (χ4n) is 2.23. The summed E-state index contributed by atoms with van der Waals surface area (Å²) in [4.78, 5) is 11.8. The first kappa shape index (κ1) is 11.9. The lowest BCUT2D eigenvalue weighted by atomic mass is 9.84. The van der Waals surface area contributed by atoms with Crippen molar-refractivity contribution in [2.24, 2.45) is 5.73 Å². The van der Waals surface area contributed by atoms with Crippen molar-refractivity contribution in [2.75, 3.05) is 13.7 Å². The molecule has 1 heterocycles. The van der Waals surface area contributed by atoms with Crippen LogP contribution < -0.4 is 10.5 Å². The highest BCUT2D eigenvalue weighted by Gasteiger charge is 2.42. The number of hydrogen-bond donors (Lipinski definition) is 1. The van der Waals surface area contributed by atoms with Crippen molar-refractivity contribution in [2.45, 2.75) is 25.3 Å². The van der Waals surface area contributed by atoms with Gasteiger partial charge < -0.3 is 15.2 Å². The molecule has 1 unspecified atom stereocenters. The van der Waals surface area contributed by atoms with Gasteiger partial charge >= 0.3 is 5.97 Å². The van der Waals surface area contributed by atoms with Crippen LogP contribution in [0.4, 0.5) is 0 Å². The fourth-order valence-corrected chi connectivity index (χ4v) is 2.23. The van der Waals surface area contributed by atoms with Gasteiger partial charge in [-0.25, -0.2) is 4.79 Å². The molecule has 0 bridgehead atoms. The van der Waals surface area contributed by atoms with Crippen LogP contribution >= 0.6 is 0 Å². The number of esters is 1. The van der Waals surface area contributed by atoms with Gasteiger partial charge in [-0.05, 0) is 12.0 Å². The van der Waals surface area contributed by atoms with E-state index in [-0.39, 0.29) is 0 Å². The average molecular weight is 235 g/mol. The van der Waals surface area contributed by atoms with Crippen molar-refractivity contribution in [3.05, 3.63) is 29.3 Å². The molecule has 0 spiro atoms. The number of nitrogens with two attached hydrogens (primary N) is 1.